The minimum atomic E-state index is -0.129. The number of benzene rings is 1. The molecule has 3 aromatic heterocycles. The Morgan fingerprint density at radius 3 is 2.93 bits per heavy atom. The number of fused-ring (bicyclic) bond motifs is 2. The summed E-state index contributed by atoms with van der Waals surface area (Å²) in [6.45, 7) is 1.92. The van der Waals surface area contributed by atoms with E-state index in [9.17, 15) is 9.59 Å². The number of Topliss-reactive ketones (excluding diaryl/α,β-unsaturated/α-hetero) is 1. The Morgan fingerprint density at radius 2 is 2.07 bits per heavy atom. The minimum Gasteiger partial charge on any atom is -0.358 e. The number of nitrogens with one attached hydrogen (secondary N) is 1. The summed E-state index contributed by atoms with van der Waals surface area (Å²) in [6.07, 6.45) is 1.70. The van der Waals surface area contributed by atoms with Crippen LogP contribution in [0.25, 0.3) is 16.6 Å². The van der Waals surface area contributed by atoms with Crippen molar-refractivity contribution in [3.05, 3.63) is 80.4 Å². The van der Waals surface area contributed by atoms with Crippen molar-refractivity contribution in [2.24, 2.45) is 0 Å². The number of rotatable bonds is 5. The van der Waals surface area contributed by atoms with Crippen molar-refractivity contribution in [1.29, 1.82) is 0 Å². The SMILES string of the molecule is Cc1[nH]c2ccccc2c1C(=O)CSCc1cc(=O)n2cc(Br)ccc2n1. The molecule has 1 N–H and O–H groups in total. The van der Waals surface area contributed by atoms with Crippen molar-refractivity contribution in [3.8, 4) is 0 Å². The zero-order chi connectivity index (χ0) is 19.0. The molecule has 0 radical (unpaired) electrons. The van der Waals surface area contributed by atoms with E-state index in [1.165, 1.54) is 22.2 Å². The van der Waals surface area contributed by atoms with E-state index in [1.807, 2.05) is 37.3 Å². The number of para-hydroxylation sites is 1. The van der Waals surface area contributed by atoms with Crippen LogP contribution in [-0.4, -0.2) is 25.9 Å². The highest BCUT2D eigenvalue weighted by Gasteiger charge is 2.15. The van der Waals surface area contributed by atoms with Crippen LogP contribution in [0.3, 0.4) is 0 Å². The average Bonchev–Trinajstić information content (AvgIpc) is 2.98. The zero-order valence-electron chi connectivity index (χ0n) is 14.5. The molecule has 4 rings (SSSR count). The van der Waals surface area contributed by atoms with Gasteiger partial charge in [0.05, 0.1) is 11.4 Å². The van der Waals surface area contributed by atoms with Gasteiger partial charge in [-0.1, -0.05) is 18.2 Å². The molecule has 0 aliphatic rings. The summed E-state index contributed by atoms with van der Waals surface area (Å²) in [4.78, 5) is 32.7. The van der Waals surface area contributed by atoms with Crippen molar-refractivity contribution >= 4 is 50.0 Å². The molecule has 27 heavy (non-hydrogen) atoms. The summed E-state index contributed by atoms with van der Waals surface area (Å²) in [5.74, 6) is 0.926. The van der Waals surface area contributed by atoms with Crippen molar-refractivity contribution in [3.63, 3.8) is 0 Å². The molecule has 4 aromatic rings. The fourth-order valence-electron chi connectivity index (χ4n) is 3.16. The lowest BCUT2D eigenvalue weighted by molar-refractivity contribution is 0.102. The topological polar surface area (TPSA) is 67.2 Å². The summed E-state index contributed by atoms with van der Waals surface area (Å²) < 4.78 is 2.32. The maximum atomic E-state index is 12.7. The quantitative estimate of drug-likeness (QED) is 0.467. The smallest absolute Gasteiger partial charge is 0.258 e. The van der Waals surface area contributed by atoms with Crippen LogP contribution in [0.5, 0.6) is 0 Å². The van der Waals surface area contributed by atoms with Crippen LogP contribution < -0.4 is 5.56 Å². The maximum absolute atomic E-state index is 12.7. The average molecular weight is 442 g/mol. The first-order chi connectivity index (χ1) is 13.0. The van der Waals surface area contributed by atoms with Crippen molar-refractivity contribution in [2.75, 3.05) is 5.75 Å². The van der Waals surface area contributed by atoms with E-state index in [1.54, 1.807) is 12.3 Å². The molecule has 0 bridgehead atoms. The number of aryl methyl sites for hydroxylation is 1. The highest BCUT2D eigenvalue weighted by Crippen LogP contribution is 2.24. The Hall–Kier alpha value is -2.38. The molecule has 0 unspecified atom stereocenters. The highest BCUT2D eigenvalue weighted by atomic mass is 79.9. The summed E-state index contributed by atoms with van der Waals surface area (Å²) >= 11 is 4.82. The van der Waals surface area contributed by atoms with E-state index in [2.05, 4.69) is 25.9 Å². The van der Waals surface area contributed by atoms with Crippen molar-refractivity contribution < 1.29 is 4.79 Å². The third-order valence-corrected chi connectivity index (χ3v) is 5.77. The maximum Gasteiger partial charge on any atom is 0.258 e. The molecule has 0 aliphatic carbocycles. The number of thioether (sulfide) groups is 1. The number of H-pyrrole nitrogens is 1. The number of hydrogen-bond acceptors (Lipinski definition) is 4. The van der Waals surface area contributed by atoms with E-state index in [-0.39, 0.29) is 11.3 Å². The molecule has 0 saturated carbocycles. The molecule has 1 aromatic carbocycles. The zero-order valence-corrected chi connectivity index (χ0v) is 16.9. The fraction of sp³-hybridized carbons (Fsp3) is 0.150. The summed E-state index contributed by atoms with van der Waals surface area (Å²) in [5.41, 5.74) is 3.74. The minimum absolute atomic E-state index is 0.0800. The van der Waals surface area contributed by atoms with Crippen LogP contribution in [-0.2, 0) is 5.75 Å². The van der Waals surface area contributed by atoms with E-state index >= 15 is 0 Å². The summed E-state index contributed by atoms with van der Waals surface area (Å²) in [6, 6.07) is 13.0. The molecule has 0 fully saturated rings. The Morgan fingerprint density at radius 1 is 1.26 bits per heavy atom. The molecule has 0 saturated heterocycles. The summed E-state index contributed by atoms with van der Waals surface area (Å²) in [5, 5.41) is 0.952. The highest BCUT2D eigenvalue weighted by molar-refractivity contribution is 9.10. The first kappa shape index (κ1) is 18.0. The van der Waals surface area contributed by atoms with Crippen LogP contribution in [0.4, 0.5) is 0 Å². The molecular weight excluding hydrogens is 426 g/mol. The molecule has 3 heterocycles. The van der Waals surface area contributed by atoms with Gasteiger partial charge in [0, 0.05) is 44.6 Å². The molecule has 0 spiro atoms. The predicted molar refractivity (Wildman–Crippen MR) is 113 cm³/mol. The van der Waals surface area contributed by atoms with Gasteiger partial charge in [-0.15, -0.1) is 11.8 Å². The van der Waals surface area contributed by atoms with Gasteiger partial charge in [-0.3, -0.25) is 14.0 Å². The van der Waals surface area contributed by atoms with Crippen LogP contribution in [0.1, 0.15) is 21.7 Å². The van der Waals surface area contributed by atoms with Gasteiger partial charge in [0.15, 0.2) is 5.78 Å². The lowest BCUT2D eigenvalue weighted by atomic mass is 10.1. The van der Waals surface area contributed by atoms with Crippen LogP contribution >= 0.6 is 27.7 Å². The molecule has 136 valence electrons. The molecule has 5 nitrogen and oxygen atoms in total. The number of aromatic amines is 1. The van der Waals surface area contributed by atoms with Gasteiger partial charge < -0.3 is 4.98 Å². The number of aromatic nitrogens is 3. The second kappa shape index (κ2) is 7.32. The van der Waals surface area contributed by atoms with Gasteiger partial charge in [0.25, 0.3) is 5.56 Å². The largest absolute Gasteiger partial charge is 0.358 e. The Balaban J connectivity index is 1.50. The monoisotopic (exact) mass is 441 g/mol. The van der Waals surface area contributed by atoms with Gasteiger partial charge in [-0.2, -0.15) is 0 Å². The summed E-state index contributed by atoms with van der Waals surface area (Å²) in [7, 11) is 0. The van der Waals surface area contributed by atoms with Crippen LogP contribution in [0.15, 0.2) is 57.9 Å². The van der Waals surface area contributed by atoms with E-state index in [4.69, 9.17) is 0 Å². The first-order valence-corrected chi connectivity index (χ1v) is 10.3. The van der Waals surface area contributed by atoms with Gasteiger partial charge in [-0.25, -0.2) is 4.98 Å². The number of ketones is 1. The molecule has 7 heteroatoms. The Kier molecular flexibility index (Phi) is 4.88. The fourth-order valence-corrected chi connectivity index (χ4v) is 4.28. The van der Waals surface area contributed by atoms with Crippen molar-refractivity contribution in [2.45, 2.75) is 12.7 Å². The molecule has 0 atom stereocenters. The molecule has 0 aliphatic heterocycles. The third-order valence-electron chi connectivity index (χ3n) is 4.33. The normalized spacial score (nSPS) is 11.3. The van der Waals surface area contributed by atoms with Crippen LogP contribution in [0, 0.1) is 6.92 Å². The number of nitrogens with zero attached hydrogens (tertiary/aromatic N) is 2. The van der Waals surface area contributed by atoms with Crippen molar-refractivity contribution in [1.82, 2.24) is 14.4 Å². The van der Waals surface area contributed by atoms with Gasteiger partial charge in [0.2, 0.25) is 0 Å². The molecular formula is C20H16BrN3O2S. The predicted octanol–water partition coefficient (Wildman–Crippen LogP) is 4.36. The van der Waals surface area contributed by atoms with E-state index in [0.717, 1.165) is 26.6 Å². The molecule has 0 amide bonds. The lowest BCUT2D eigenvalue weighted by Crippen LogP contribution is -2.15. The van der Waals surface area contributed by atoms with Gasteiger partial charge in [-0.05, 0) is 41.1 Å². The van der Waals surface area contributed by atoms with E-state index in [0.29, 0.717) is 22.8 Å². The van der Waals surface area contributed by atoms with E-state index < -0.39 is 0 Å². The second-order valence-electron chi connectivity index (χ2n) is 6.25. The van der Waals surface area contributed by atoms with Gasteiger partial charge in [0.1, 0.15) is 5.65 Å². The number of halogens is 1. The third kappa shape index (κ3) is 3.57. The van der Waals surface area contributed by atoms with Crippen LogP contribution in [0.2, 0.25) is 0 Å². The first-order valence-electron chi connectivity index (χ1n) is 8.39. The second-order valence-corrected chi connectivity index (χ2v) is 8.15. The standard InChI is InChI=1S/C20H16BrN3O2S/c1-12-20(15-4-2-3-5-16(15)22-12)17(25)11-27-10-14-8-19(26)24-9-13(21)6-7-18(24)23-14/h2-9,22H,10-11H2,1H3. The van der Waals surface area contributed by atoms with Gasteiger partial charge >= 0.3 is 0 Å². The number of hydrogen-bond donors (Lipinski definition) is 1. The number of pyridine rings is 1. The lowest BCUT2D eigenvalue weighted by Gasteiger charge is -2.05. The number of carbonyl (C=O) groups excluding carboxylic acids is 1. The Bertz CT molecular complexity index is 1230. The Labute approximate surface area is 168 Å². The number of carbonyl (C=O) groups is 1.